The van der Waals surface area contributed by atoms with Crippen LogP contribution in [0, 0.1) is 0 Å². The molecule has 0 atom stereocenters. The fourth-order valence-corrected chi connectivity index (χ4v) is 1.76. The molecule has 0 aliphatic heterocycles. The fourth-order valence-electron chi connectivity index (χ4n) is 1.64. The standard InChI is InChI=1S/C15H15ClN2O2/c1-2-9-17-15(19)18-10-13-7-8-14(20-13)11-3-5-12(16)6-4-11/h2-8H,1,9-10H2,(H2,17,18,19). The van der Waals surface area contributed by atoms with Gasteiger partial charge >= 0.3 is 6.03 Å². The van der Waals surface area contributed by atoms with Crippen LogP contribution in [0.5, 0.6) is 0 Å². The normalized spacial score (nSPS) is 10.1. The smallest absolute Gasteiger partial charge is 0.315 e. The zero-order chi connectivity index (χ0) is 14.4. The lowest BCUT2D eigenvalue weighted by Gasteiger charge is -2.03. The topological polar surface area (TPSA) is 54.3 Å². The lowest BCUT2D eigenvalue weighted by atomic mass is 10.2. The summed E-state index contributed by atoms with van der Waals surface area (Å²) >= 11 is 5.84. The summed E-state index contributed by atoms with van der Waals surface area (Å²) in [6.07, 6.45) is 1.62. The van der Waals surface area contributed by atoms with E-state index in [-0.39, 0.29) is 6.03 Å². The number of amides is 2. The van der Waals surface area contributed by atoms with Crippen molar-refractivity contribution in [2.24, 2.45) is 0 Å². The van der Waals surface area contributed by atoms with Crippen molar-refractivity contribution in [3.63, 3.8) is 0 Å². The molecule has 0 radical (unpaired) electrons. The quantitative estimate of drug-likeness (QED) is 0.827. The maximum Gasteiger partial charge on any atom is 0.315 e. The molecule has 0 fully saturated rings. The Kier molecular flexibility index (Phi) is 4.85. The Morgan fingerprint density at radius 1 is 1.20 bits per heavy atom. The van der Waals surface area contributed by atoms with E-state index in [2.05, 4.69) is 17.2 Å². The zero-order valence-corrected chi connectivity index (χ0v) is 11.6. The van der Waals surface area contributed by atoms with Crippen LogP contribution in [0.25, 0.3) is 11.3 Å². The van der Waals surface area contributed by atoms with Crippen LogP contribution < -0.4 is 10.6 Å². The van der Waals surface area contributed by atoms with E-state index in [4.69, 9.17) is 16.0 Å². The number of nitrogens with one attached hydrogen (secondary N) is 2. The number of carbonyl (C=O) groups excluding carboxylic acids is 1. The molecule has 2 N–H and O–H groups in total. The van der Waals surface area contributed by atoms with Crippen LogP contribution in [0.1, 0.15) is 5.76 Å². The number of furan rings is 1. The summed E-state index contributed by atoms with van der Waals surface area (Å²) in [7, 11) is 0. The number of hydrogen-bond acceptors (Lipinski definition) is 2. The van der Waals surface area contributed by atoms with Crippen LogP contribution >= 0.6 is 11.6 Å². The zero-order valence-electron chi connectivity index (χ0n) is 10.9. The van der Waals surface area contributed by atoms with Crippen LogP contribution in [0.15, 0.2) is 53.5 Å². The molecule has 1 aromatic carbocycles. The molecule has 0 aliphatic rings. The number of rotatable bonds is 5. The van der Waals surface area contributed by atoms with E-state index < -0.39 is 0 Å². The van der Waals surface area contributed by atoms with Crippen molar-refractivity contribution < 1.29 is 9.21 Å². The van der Waals surface area contributed by atoms with Gasteiger partial charge in [0.2, 0.25) is 0 Å². The molecule has 20 heavy (non-hydrogen) atoms. The van der Waals surface area contributed by atoms with Crippen molar-refractivity contribution in [3.05, 3.63) is 59.8 Å². The Hall–Kier alpha value is -2.20. The minimum absolute atomic E-state index is 0.255. The molecule has 0 saturated heterocycles. The van der Waals surface area contributed by atoms with Crippen molar-refractivity contribution in [1.29, 1.82) is 0 Å². The molecule has 0 unspecified atom stereocenters. The third kappa shape index (κ3) is 3.90. The van der Waals surface area contributed by atoms with Crippen LogP contribution in [0.3, 0.4) is 0 Å². The summed E-state index contributed by atoms with van der Waals surface area (Å²) in [6.45, 7) is 4.28. The first kappa shape index (κ1) is 14.2. The maximum atomic E-state index is 11.4. The molecule has 1 heterocycles. The van der Waals surface area contributed by atoms with Crippen molar-refractivity contribution in [2.75, 3.05) is 6.54 Å². The van der Waals surface area contributed by atoms with Gasteiger partial charge < -0.3 is 15.1 Å². The summed E-state index contributed by atoms with van der Waals surface area (Å²) in [5.41, 5.74) is 0.941. The molecule has 5 heteroatoms. The third-order valence-electron chi connectivity index (χ3n) is 2.62. The monoisotopic (exact) mass is 290 g/mol. The molecular formula is C15H15ClN2O2. The number of hydrogen-bond donors (Lipinski definition) is 2. The summed E-state index contributed by atoms with van der Waals surface area (Å²) in [5, 5.41) is 6.00. The van der Waals surface area contributed by atoms with E-state index in [9.17, 15) is 4.79 Å². The van der Waals surface area contributed by atoms with Gasteiger partial charge in [-0.25, -0.2) is 4.79 Å². The molecule has 2 rings (SSSR count). The van der Waals surface area contributed by atoms with Crippen LogP contribution in [-0.2, 0) is 6.54 Å². The Bertz CT molecular complexity index is 590. The van der Waals surface area contributed by atoms with Gasteiger partial charge in [0.25, 0.3) is 0 Å². The molecular weight excluding hydrogens is 276 g/mol. The first-order valence-corrected chi connectivity index (χ1v) is 6.54. The van der Waals surface area contributed by atoms with E-state index in [1.54, 1.807) is 18.2 Å². The lowest BCUT2D eigenvalue weighted by Crippen LogP contribution is -2.34. The van der Waals surface area contributed by atoms with Crippen LogP contribution in [0.4, 0.5) is 4.79 Å². The first-order chi connectivity index (χ1) is 9.69. The van der Waals surface area contributed by atoms with E-state index in [1.165, 1.54) is 0 Å². The first-order valence-electron chi connectivity index (χ1n) is 6.16. The van der Waals surface area contributed by atoms with Gasteiger partial charge in [-0.05, 0) is 36.4 Å². The Labute approximate surface area is 122 Å². The largest absolute Gasteiger partial charge is 0.459 e. The van der Waals surface area contributed by atoms with E-state index in [0.29, 0.717) is 23.9 Å². The predicted octanol–water partition coefficient (Wildman–Crippen LogP) is 3.59. The highest BCUT2D eigenvalue weighted by atomic mass is 35.5. The van der Waals surface area contributed by atoms with Crippen molar-refractivity contribution in [2.45, 2.75) is 6.54 Å². The van der Waals surface area contributed by atoms with Gasteiger partial charge in [-0.2, -0.15) is 0 Å². The number of carbonyl (C=O) groups is 1. The van der Waals surface area contributed by atoms with E-state index in [1.807, 2.05) is 24.3 Å². The van der Waals surface area contributed by atoms with Gasteiger partial charge in [0.15, 0.2) is 0 Å². The lowest BCUT2D eigenvalue weighted by molar-refractivity contribution is 0.240. The molecule has 1 aromatic heterocycles. The van der Waals surface area contributed by atoms with Crippen molar-refractivity contribution in [3.8, 4) is 11.3 Å². The second-order valence-electron chi connectivity index (χ2n) is 4.13. The Morgan fingerprint density at radius 3 is 2.65 bits per heavy atom. The highest BCUT2D eigenvalue weighted by Crippen LogP contribution is 2.23. The van der Waals surface area contributed by atoms with Gasteiger partial charge in [0, 0.05) is 17.1 Å². The third-order valence-corrected chi connectivity index (χ3v) is 2.87. The van der Waals surface area contributed by atoms with Gasteiger partial charge in [-0.3, -0.25) is 0 Å². The summed E-state index contributed by atoms with van der Waals surface area (Å²) < 4.78 is 5.66. The second kappa shape index (κ2) is 6.82. The number of halogens is 1. The molecule has 104 valence electrons. The minimum atomic E-state index is -0.255. The molecule has 0 saturated carbocycles. The van der Waals surface area contributed by atoms with Gasteiger partial charge in [0.1, 0.15) is 11.5 Å². The molecule has 0 bridgehead atoms. The molecule has 0 aliphatic carbocycles. The van der Waals surface area contributed by atoms with E-state index in [0.717, 1.165) is 11.3 Å². The van der Waals surface area contributed by atoms with Crippen molar-refractivity contribution >= 4 is 17.6 Å². The molecule has 2 aromatic rings. The molecule has 4 nitrogen and oxygen atoms in total. The van der Waals surface area contributed by atoms with Gasteiger partial charge in [-0.1, -0.05) is 17.7 Å². The average Bonchev–Trinajstić information content (AvgIpc) is 2.92. The van der Waals surface area contributed by atoms with Crippen LogP contribution in [-0.4, -0.2) is 12.6 Å². The highest BCUT2D eigenvalue weighted by Gasteiger charge is 2.06. The summed E-state index contributed by atoms with van der Waals surface area (Å²) in [5.74, 6) is 1.42. The number of benzene rings is 1. The molecule has 0 spiro atoms. The summed E-state index contributed by atoms with van der Waals surface area (Å²) in [4.78, 5) is 11.4. The second-order valence-corrected chi connectivity index (χ2v) is 4.56. The Balaban J connectivity index is 1.94. The predicted molar refractivity (Wildman–Crippen MR) is 79.6 cm³/mol. The molecule has 2 amide bonds. The van der Waals surface area contributed by atoms with Crippen LogP contribution in [0.2, 0.25) is 5.02 Å². The Morgan fingerprint density at radius 2 is 1.95 bits per heavy atom. The minimum Gasteiger partial charge on any atom is -0.459 e. The average molecular weight is 291 g/mol. The highest BCUT2D eigenvalue weighted by molar-refractivity contribution is 6.30. The van der Waals surface area contributed by atoms with Crippen molar-refractivity contribution in [1.82, 2.24) is 10.6 Å². The van der Waals surface area contributed by atoms with Gasteiger partial charge in [-0.15, -0.1) is 6.58 Å². The maximum absolute atomic E-state index is 11.4. The van der Waals surface area contributed by atoms with Gasteiger partial charge in [0.05, 0.1) is 6.54 Å². The SMILES string of the molecule is C=CCNC(=O)NCc1ccc(-c2ccc(Cl)cc2)o1. The fraction of sp³-hybridized carbons (Fsp3) is 0.133. The summed E-state index contributed by atoms with van der Waals surface area (Å²) in [6, 6.07) is 10.8. The number of urea groups is 1. The van der Waals surface area contributed by atoms with E-state index >= 15 is 0 Å².